The topological polar surface area (TPSA) is 79.5 Å². The minimum Gasteiger partial charge on any atom is -0.482 e. The molecule has 1 saturated carbocycles. The molecule has 3 N–H and O–H groups in total. The number of anilines is 2. The minimum atomic E-state index is -0.299. The fourth-order valence-electron chi connectivity index (χ4n) is 2.12. The zero-order valence-corrected chi connectivity index (χ0v) is 14.2. The number of hydrogen-bond acceptors (Lipinski definition) is 3. The zero-order valence-electron chi connectivity index (χ0n) is 13.4. The molecule has 0 bridgehead atoms. The molecule has 0 saturated heterocycles. The lowest BCUT2D eigenvalue weighted by Crippen LogP contribution is -2.30. The molecule has 7 heteroatoms. The highest BCUT2D eigenvalue weighted by atomic mass is 35.5. The fourth-order valence-corrected chi connectivity index (χ4v) is 2.31. The van der Waals surface area contributed by atoms with Gasteiger partial charge in [0.05, 0.1) is 5.02 Å². The highest BCUT2D eigenvalue weighted by Gasteiger charge is 2.23. The molecule has 0 heterocycles. The Morgan fingerprint density at radius 2 is 1.64 bits per heavy atom. The lowest BCUT2D eigenvalue weighted by molar-refractivity contribution is -0.118. The lowest BCUT2D eigenvalue weighted by Gasteiger charge is -2.10. The summed E-state index contributed by atoms with van der Waals surface area (Å²) in [4.78, 5) is 23.6. The number of nitrogens with one attached hydrogen (secondary N) is 3. The van der Waals surface area contributed by atoms with Crippen molar-refractivity contribution in [1.82, 2.24) is 5.32 Å². The van der Waals surface area contributed by atoms with Gasteiger partial charge in [0.1, 0.15) is 5.75 Å². The maximum Gasteiger partial charge on any atom is 0.319 e. The van der Waals surface area contributed by atoms with Gasteiger partial charge in [-0.3, -0.25) is 4.79 Å². The summed E-state index contributed by atoms with van der Waals surface area (Å²) in [6.07, 6.45) is 2.07. The third kappa shape index (κ3) is 5.39. The summed E-state index contributed by atoms with van der Waals surface area (Å²) in [7, 11) is 0. The third-order valence-corrected chi connectivity index (χ3v) is 3.85. The second-order valence-corrected chi connectivity index (χ2v) is 6.12. The Hall–Kier alpha value is -2.73. The van der Waals surface area contributed by atoms with Crippen LogP contribution < -0.4 is 20.7 Å². The van der Waals surface area contributed by atoms with E-state index >= 15 is 0 Å². The first-order valence-corrected chi connectivity index (χ1v) is 8.33. The Bertz CT molecular complexity index is 760. The number of carbonyl (C=O) groups is 2. The average molecular weight is 360 g/mol. The number of benzene rings is 2. The van der Waals surface area contributed by atoms with Crippen molar-refractivity contribution >= 4 is 34.9 Å². The fraction of sp³-hybridized carbons (Fsp3) is 0.222. The van der Waals surface area contributed by atoms with Crippen LogP contribution in [0, 0.1) is 0 Å². The van der Waals surface area contributed by atoms with Gasteiger partial charge in [-0.25, -0.2) is 4.79 Å². The smallest absolute Gasteiger partial charge is 0.319 e. The van der Waals surface area contributed by atoms with Gasteiger partial charge in [0, 0.05) is 17.4 Å². The molecular formula is C18H18ClN3O3. The maximum absolute atomic E-state index is 11.9. The van der Waals surface area contributed by atoms with Crippen LogP contribution in [0.4, 0.5) is 16.2 Å². The largest absolute Gasteiger partial charge is 0.482 e. The Balaban J connectivity index is 1.46. The maximum atomic E-state index is 11.9. The Kier molecular flexibility index (Phi) is 5.40. The molecular weight excluding hydrogens is 342 g/mol. The van der Waals surface area contributed by atoms with Crippen LogP contribution in [-0.4, -0.2) is 24.6 Å². The van der Waals surface area contributed by atoms with Crippen molar-refractivity contribution in [2.45, 2.75) is 18.9 Å². The first-order valence-electron chi connectivity index (χ1n) is 7.95. The Morgan fingerprint density at radius 1 is 1.00 bits per heavy atom. The van der Waals surface area contributed by atoms with E-state index in [0.717, 1.165) is 12.8 Å². The molecule has 130 valence electrons. The van der Waals surface area contributed by atoms with Crippen LogP contribution in [0.3, 0.4) is 0 Å². The van der Waals surface area contributed by atoms with Gasteiger partial charge < -0.3 is 20.7 Å². The summed E-state index contributed by atoms with van der Waals surface area (Å²) in [5.74, 6) is 0.160. The number of halogens is 1. The molecule has 0 atom stereocenters. The predicted octanol–water partition coefficient (Wildman–Crippen LogP) is 3.64. The molecule has 0 unspecified atom stereocenters. The highest BCUT2D eigenvalue weighted by Crippen LogP contribution is 2.23. The van der Waals surface area contributed by atoms with Crippen molar-refractivity contribution in [2.75, 3.05) is 17.2 Å². The number of ether oxygens (including phenoxy) is 1. The Morgan fingerprint density at radius 3 is 2.28 bits per heavy atom. The standard InChI is InChI=1S/C18H18ClN3O3/c19-15-3-1-2-4-16(15)25-11-17(23)20-12-5-7-13(8-6-12)21-18(24)22-14-9-10-14/h1-8,14H,9-11H2,(H,20,23)(H2,21,22,24). The van der Waals surface area contributed by atoms with Crippen molar-refractivity contribution in [3.8, 4) is 5.75 Å². The third-order valence-electron chi connectivity index (χ3n) is 3.53. The molecule has 0 aliphatic heterocycles. The first-order chi connectivity index (χ1) is 12.1. The number of urea groups is 1. The molecule has 6 nitrogen and oxygen atoms in total. The van der Waals surface area contributed by atoms with E-state index in [1.54, 1.807) is 48.5 Å². The van der Waals surface area contributed by atoms with Crippen LogP contribution in [0.25, 0.3) is 0 Å². The average Bonchev–Trinajstić information content (AvgIpc) is 3.40. The van der Waals surface area contributed by atoms with Crippen molar-refractivity contribution in [3.63, 3.8) is 0 Å². The van der Waals surface area contributed by atoms with Gasteiger partial charge in [0.25, 0.3) is 5.91 Å². The predicted molar refractivity (Wildman–Crippen MR) is 97.2 cm³/mol. The van der Waals surface area contributed by atoms with Gasteiger partial charge in [-0.05, 0) is 49.2 Å². The summed E-state index contributed by atoms with van der Waals surface area (Å²) in [6.45, 7) is -0.145. The molecule has 0 radical (unpaired) electrons. The van der Waals surface area contributed by atoms with Crippen LogP contribution >= 0.6 is 11.6 Å². The zero-order chi connectivity index (χ0) is 17.6. The van der Waals surface area contributed by atoms with Crippen LogP contribution in [0.15, 0.2) is 48.5 Å². The van der Waals surface area contributed by atoms with Gasteiger partial charge in [0.2, 0.25) is 0 Å². The van der Waals surface area contributed by atoms with Crippen LogP contribution in [0.1, 0.15) is 12.8 Å². The van der Waals surface area contributed by atoms with Crippen molar-refractivity contribution in [3.05, 3.63) is 53.6 Å². The molecule has 2 aromatic rings. The number of para-hydroxylation sites is 1. The van der Waals surface area contributed by atoms with Crippen LogP contribution in [-0.2, 0) is 4.79 Å². The Labute approximate surface area is 150 Å². The summed E-state index contributed by atoms with van der Waals surface area (Å²) in [6, 6.07) is 13.9. The summed E-state index contributed by atoms with van der Waals surface area (Å²) >= 11 is 5.97. The monoisotopic (exact) mass is 359 g/mol. The van der Waals surface area contributed by atoms with Gasteiger partial charge in [-0.15, -0.1) is 0 Å². The summed E-state index contributed by atoms with van der Waals surface area (Å²) in [5.41, 5.74) is 1.27. The first kappa shape index (κ1) is 17.1. The molecule has 3 rings (SSSR count). The molecule has 1 aliphatic carbocycles. The molecule has 1 fully saturated rings. The van der Waals surface area contributed by atoms with Crippen molar-refractivity contribution in [1.29, 1.82) is 0 Å². The second kappa shape index (κ2) is 7.90. The molecule has 1 aliphatic rings. The van der Waals surface area contributed by atoms with E-state index in [1.165, 1.54) is 0 Å². The normalized spacial score (nSPS) is 13.0. The molecule has 0 aromatic heterocycles. The molecule has 3 amide bonds. The molecule has 2 aromatic carbocycles. The number of hydrogen-bond donors (Lipinski definition) is 3. The van der Waals surface area contributed by atoms with Gasteiger partial charge >= 0.3 is 6.03 Å². The second-order valence-electron chi connectivity index (χ2n) is 5.72. The quantitative estimate of drug-likeness (QED) is 0.736. The van der Waals surface area contributed by atoms with E-state index < -0.39 is 0 Å². The summed E-state index contributed by atoms with van der Waals surface area (Å²) in [5, 5.41) is 8.76. The van der Waals surface area contributed by atoms with E-state index in [2.05, 4.69) is 16.0 Å². The van der Waals surface area contributed by atoms with E-state index in [-0.39, 0.29) is 18.5 Å². The molecule has 25 heavy (non-hydrogen) atoms. The van der Waals surface area contributed by atoms with E-state index in [4.69, 9.17) is 16.3 Å². The van der Waals surface area contributed by atoms with Crippen LogP contribution in [0.2, 0.25) is 5.02 Å². The number of carbonyl (C=O) groups excluding carboxylic acids is 2. The minimum absolute atomic E-state index is 0.145. The SMILES string of the molecule is O=C(COc1ccccc1Cl)Nc1ccc(NC(=O)NC2CC2)cc1. The van der Waals surface area contributed by atoms with Gasteiger partial charge in [-0.1, -0.05) is 23.7 Å². The number of rotatable bonds is 6. The van der Waals surface area contributed by atoms with E-state index in [1.807, 2.05) is 0 Å². The van der Waals surface area contributed by atoms with Crippen LogP contribution in [0.5, 0.6) is 5.75 Å². The molecule has 0 spiro atoms. The lowest BCUT2D eigenvalue weighted by atomic mass is 10.3. The van der Waals surface area contributed by atoms with E-state index in [9.17, 15) is 9.59 Å². The van der Waals surface area contributed by atoms with Gasteiger partial charge in [-0.2, -0.15) is 0 Å². The highest BCUT2D eigenvalue weighted by molar-refractivity contribution is 6.32. The van der Waals surface area contributed by atoms with Crippen molar-refractivity contribution < 1.29 is 14.3 Å². The van der Waals surface area contributed by atoms with E-state index in [0.29, 0.717) is 28.2 Å². The number of amides is 3. The van der Waals surface area contributed by atoms with Gasteiger partial charge in [0.15, 0.2) is 6.61 Å². The van der Waals surface area contributed by atoms with Crippen molar-refractivity contribution in [2.24, 2.45) is 0 Å². The summed E-state index contributed by atoms with van der Waals surface area (Å²) < 4.78 is 5.38.